The Balaban J connectivity index is 1.74. The topological polar surface area (TPSA) is 183 Å². The number of nitrogens with one attached hydrogen (secondary N) is 1. The molecule has 4 aromatic carbocycles. The molecule has 0 saturated carbocycles. The summed E-state index contributed by atoms with van der Waals surface area (Å²) in [5.41, 5.74) is 0.233. The van der Waals surface area contributed by atoms with E-state index in [0.29, 0.717) is 11.3 Å². The number of nitrogens with zero attached hydrogens (tertiary/aromatic N) is 2. The van der Waals surface area contributed by atoms with Gasteiger partial charge in [0.2, 0.25) is 0 Å². The van der Waals surface area contributed by atoms with E-state index in [0.717, 1.165) is 18.2 Å². The summed E-state index contributed by atoms with van der Waals surface area (Å²) in [6, 6.07) is 18.3. The fourth-order valence-electron chi connectivity index (χ4n) is 3.31. The summed E-state index contributed by atoms with van der Waals surface area (Å²) in [4.78, 5) is 11.3. The van der Waals surface area contributed by atoms with Crippen molar-refractivity contribution in [3.63, 3.8) is 0 Å². The molecule has 0 aliphatic heterocycles. The minimum Gasteiger partial charge on any atom is -0.505 e. The smallest absolute Gasteiger partial charge is 0.296 e. The van der Waals surface area contributed by atoms with E-state index in [-0.39, 0.29) is 21.4 Å². The van der Waals surface area contributed by atoms with Crippen LogP contribution >= 0.6 is 0 Å². The largest absolute Gasteiger partial charge is 0.505 e. The molecule has 0 unspecified atom stereocenters. The van der Waals surface area contributed by atoms with E-state index in [1.807, 2.05) is 0 Å². The van der Waals surface area contributed by atoms with Crippen molar-refractivity contribution >= 4 is 54.0 Å². The number of carbonyl (C=O) groups is 1. The number of aromatic hydroxyl groups is 1. The van der Waals surface area contributed by atoms with Gasteiger partial charge < -0.3 is 10.4 Å². The lowest BCUT2D eigenvalue weighted by Crippen LogP contribution is -2.11. The molecule has 0 spiro atoms. The summed E-state index contributed by atoms with van der Waals surface area (Å²) in [7, 11) is -9.29. The monoisotopic (exact) mass is 527 g/mol. The van der Waals surface area contributed by atoms with Gasteiger partial charge in [-0.25, -0.2) is 0 Å². The van der Waals surface area contributed by atoms with Crippen molar-refractivity contribution in [3.8, 4) is 5.75 Å². The number of hydrogen-bond donors (Lipinski definition) is 4. The van der Waals surface area contributed by atoms with Crippen LogP contribution in [0.15, 0.2) is 98.9 Å². The number of azo groups is 1. The third kappa shape index (κ3) is 5.39. The van der Waals surface area contributed by atoms with E-state index < -0.39 is 42.5 Å². The van der Waals surface area contributed by atoms with Crippen LogP contribution in [0.3, 0.4) is 0 Å². The van der Waals surface area contributed by atoms with Gasteiger partial charge in [-0.15, -0.1) is 5.11 Å². The van der Waals surface area contributed by atoms with E-state index in [1.165, 1.54) is 30.3 Å². The second-order valence-corrected chi connectivity index (χ2v) is 10.3. The summed E-state index contributed by atoms with van der Waals surface area (Å²) < 4.78 is 65.2. The molecule has 0 aliphatic carbocycles. The van der Waals surface area contributed by atoms with Gasteiger partial charge in [-0.3, -0.25) is 13.9 Å². The van der Waals surface area contributed by atoms with Gasteiger partial charge in [0.15, 0.2) is 5.75 Å². The number of benzene rings is 4. The lowest BCUT2D eigenvalue weighted by Gasteiger charge is -2.11. The molecule has 4 N–H and O–H groups in total. The van der Waals surface area contributed by atoms with Gasteiger partial charge in [-0.2, -0.15) is 21.9 Å². The fourth-order valence-corrected chi connectivity index (χ4v) is 4.45. The minimum absolute atomic E-state index is 0.0714. The Morgan fingerprint density at radius 1 is 0.778 bits per heavy atom. The first-order valence-electron chi connectivity index (χ1n) is 10.1. The van der Waals surface area contributed by atoms with Gasteiger partial charge in [0.05, 0.1) is 10.6 Å². The lowest BCUT2D eigenvalue weighted by atomic mass is 10.1. The average molecular weight is 528 g/mol. The fraction of sp³-hybridized carbons (Fsp3) is 0. The number of anilines is 1. The molecule has 1 amide bonds. The predicted molar refractivity (Wildman–Crippen MR) is 130 cm³/mol. The van der Waals surface area contributed by atoms with Crippen LogP contribution in [0.1, 0.15) is 10.4 Å². The van der Waals surface area contributed by atoms with Crippen molar-refractivity contribution in [1.82, 2.24) is 0 Å². The van der Waals surface area contributed by atoms with Gasteiger partial charge in [0, 0.05) is 16.6 Å². The number of phenols is 1. The highest BCUT2D eigenvalue weighted by Gasteiger charge is 2.22. The van der Waals surface area contributed by atoms with Crippen molar-refractivity contribution in [3.05, 3.63) is 84.4 Å². The van der Waals surface area contributed by atoms with Crippen LogP contribution in [0.5, 0.6) is 5.75 Å². The van der Waals surface area contributed by atoms with E-state index in [4.69, 9.17) is 4.55 Å². The molecule has 0 atom stereocenters. The maximum atomic E-state index is 12.4. The van der Waals surface area contributed by atoms with Gasteiger partial charge in [-0.1, -0.05) is 18.2 Å². The zero-order valence-corrected chi connectivity index (χ0v) is 19.7. The van der Waals surface area contributed by atoms with E-state index >= 15 is 0 Å². The van der Waals surface area contributed by atoms with E-state index in [1.54, 1.807) is 30.3 Å². The summed E-state index contributed by atoms with van der Waals surface area (Å²) in [6.45, 7) is 0. The molecule has 0 saturated heterocycles. The number of phenolic OH excluding ortho intramolecular Hbond substituents is 1. The Labute approximate surface area is 205 Å². The molecule has 0 bridgehead atoms. The van der Waals surface area contributed by atoms with Crippen LogP contribution in [0.2, 0.25) is 0 Å². The number of carbonyl (C=O) groups excluding carboxylic acids is 1. The Morgan fingerprint density at radius 2 is 1.44 bits per heavy atom. The summed E-state index contributed by atoms with van der Waals surface area (Å²) in [5.74, 6) is -1.00. The minimum atomic E-state index is -4.87. The molecule has 11 nitrogen and oxygen atoms in total. The molecule has 0 fully saturated rings. The molecule has 0 heterocycles. The van der Waals surface area contributed by atoms with Crippen LogP contribution in [-0.4, -0.2) is 37.0 Å². The molecular weight excluding hydrogens is 510 g/mol. The van der Waals surface area contributed by atoms with Crippen LogP contribution < -0.4 is 5.32 Å². The van der Waals surface area contributed by atoms with Gasteiger partial charge in [0.25, 0.3) is 26.1 Å². The Hall–Kier alpha value is -4.17. The zero-order valence-electron chi connectivity index (χ0n) is 18.1. The highest BCUT2D eigenvalue weighted by Crippen LogP contribution is 2.42. The molecule has 0 aliphatic rings. The summed E-state index contributed by atoms with van der Waals surface area (Å²) in [6.07, 6.45) is 0. The average Bonchev–Trinajstić information content (AvgIpc) is 2.83. The number of hydrogen-bond acceptors (Lipinski definition) is 8. The second-order valence-electron chi connectivity index (χ2n) is 7.47. The van der Waals surface area contributed by atoms with Crippen molar-refractivity contribution in [2.75, 3.05) is 5.32 Å². The summed E-state index contributed by atoms with van der Waals surface area (Å²) >= 11 is 0. The molecule has 4 rings (SSSR count). The summed E-state index contributed by atoms with van der Waals surface area (Å²) in [5, 5.41) is 21.3. The van der Waals surface area contributed by atoms with Gasteiger partial charge in [-0.05, 0) is 66.0 Å². The third-order valence-corrected chi connectivity index (χ3v) is 6.76. The van der Waals surface area contributed by atoms with Crippen LogP contribution in [0.4, 0.5) is 17.1 Å². The zero-order chi connectivity index (χ0) is 26.1. The molecule has 184 valence electrons. The first-order valence-corrected chi connectivity index (χ1v) is 12.9. The standard InChI is InChI=1S/C23H17N3O8S2/c27-22-19-11-8-17(24-23(28)14-4-2-1-3-5-14)12-15(19)13-20(36(32,33)34)21(22)26-25-16-6-9-18(10-7-16)35(29,30)31/h1-13,27H,(H,24,28)(H,29,30,31)(H,32,33,34). The highest BCUT2D eigenvalue weighted by molar-refractivity contribution is 7.86. The Kier molecular flexibility index (Phi) is 6.56. The molecule has 36 heavy (non-hydrogen) atoms. The molecule has 0 aromatic heterocycles. The maximum Gasteiger partial charge on any atom is 0.296 e. The molecule has 4 aromatic rings. The number of amides is 1. The Bertz CT molecular complexity index is 1720. The molecule has 13 heteroatoms. The maximum absolute atomic E-state index is 12.4. The van der Waals surface area contributed by atoms with Gasteiger partial charge in [0.1, 0.15) is 10.6 Å². The number of rotatable bonds is 6. The van der Waals surface area contributed by atoms with Crippen molar-refractivity contribution < 1.29 is 35.8 Å². The van der Waals surface area contributed by atoms with Crippen molar-refractivity contribution in [1.29, 1.82) is 0 Å². The van der Waals surface area contributed by atoms with E-state index in [2.05, 4.69) is 15.5 Å². The quantitative estimate of drug-likeness (QED) is 0.205. The Morgan fingerprint density at radius 3 is 2.06 bits per heavy atom. The number of fused-ring (bicyclic) bond motifs is 1. The van der Waals surface area contributed by atoms with Gasteiger partial charge >= 0.3 is 0 Å². The molecule has 0 radical (unpaired) electrons. The van der Waals surface area contributed by atoms with E-state index in [9.17, 15) is 31.3 Å². The van der Waals surface area contributed by atoms with Crippen molar-refractivity contribution in [2.45, 2.75) is 9.79 Å². The first kappa shape index (κ1) is 24.9. The SMILES string of the molecule is O=C(Nc1ccc2c(O)c(N=Nc3ccc(S(=O)(=O)O)cc3)c(S(=O)(=O)O)cc2c1)c1ccccc1. The van der Waals surface area contributed by atoms with Crippen molar-refractivity contribution in [2.24, 2.45) is 10.2 Å². The normalized spacial score (nSPS) is 12.2. The van der Waals surface area contributed by atoms with Crippen LogP contribution in [-0.2, 0) is 20.2 Å². The highest BCUT2D eigenvalue weighted by atomic mass is 32.2. The lowest BCUT2D eigenvalue weighted by molar-refractivity contribution is 0.102. The van der Waals surface area contributed by atoms with Crippen LogP contribution in [0, 0.1) is 0 Å². The second kappa shape index (κ2) is 9.47. The first-order chi connectivity index (χ1) is 16.9. The predicted octanol–water partition coefficient (Wildman–Crippen LogP) is 4.71. The third-order valence-electron chi connectivity index (χ3n) is 5.02. The molecular formula is C23H17N3O8S2. The van der Waals surface area contributed by atoms with Crippen LogP contribution in [0.25, 0.3) is 10.8 Å².